The molecule has 122 valence electrons. The lowest BCUT2D eigenvalue weighted by Crippen LogP contribution is -2.12. The number of rotatable bonds is 3. The Hall–Kier alpha value is -3.16. The summed E-state index contributed by atoms with van der Waals surface area (Å²) in [6.07, 6.45) is 0. The molecule has 3 rings (SSSR count). The SMILES string of the molecule is Cc1cc(C)nc(-n2nc(-c3c(F)cccc3F)cc2C(=O)O)n1. The van der Waals surface area contributed by atoms with Gasteiger partial charge in [-0.05, 0) is 38.1 Å². The van der Waals surface area contributed by atoms with Gasteiger partial charge in [-0.1, -0.05) is 6.07 Å². The largest absolute Gasteiger partial charge is 0.477 e. The second-order valence-corrected chi connectivity index (χ2v) is 5.18. The van der Waals surface area contributed by atoms with Crippen LogP contribution in [-0.2, 0) is 0 Å². The van der Waals surface area contributed by atoms with Crippen LogP contribution in [0.1, 0.15) is 21.9 Å². The van der Waals surface area contributed by atoms with E-state index in [2.05, 4.69) is 15.1 Å². The number of aromatic nitrogens is 4. The van der Waals surface area contributed by atoms with E-state index in [1.165, 1.54) is 6.07 Å². The van der Waals surface area contributed by atoms with Crippen LogP contribution in [0.3, 0.4) is 0 Å². The van der Waals surface area contributed by atoms with Crippen molar-refractivity contribution < 1.29 is 18.7 Å². The molecule has 0 fully saturated rings. The third kappa shape index (κ3) is 2.73. The minimum Gasteiger partial charge on any atom is -0.477 e. The number of carboxylic acids is 1. The van der Waals surface area contributed by atoms with E-state index < -0.39 is 23.2 Å². The number of hydrogen-bond donors (Lipinski definition) is 1. The summed E-state index contributed by atoms with van der Waals surface area (Å²) in [5, 5.41) is 13.4. The van der Waals surface area contributed by atoms with Crippen LogP contribution in [0.5, 0.6) is 0 Å². The Balaban J connectivity index is 2.25. The number of aromatic carboxylic acids is 1. The molecule has 0 saturated carbocycles. The van der Waals surface area contributed by atoms with Gasteiger partial charge < -0.3 is 5.11 Å². The summed E-state index contributed by atoms with van der Waals surface area (Å²) in [6.45, 7) is 3.44. The minimum absolute atomic E-state index is 0.0212. The molecule has 0 aliphatic heterocycles. The molecule has 0 radical (unpaired) electrons. The van der Waals surface area contributed by atoms with Crippen LogP contribution in [0.25, 0.3) is 17.2 Å². The number of benzene rings is 1. The van der Waals surface area contributed by atoms with E-state index in [1.54, 1.807) is 19.9 Å². The maximum atomic E-state index is 13.9. The predicted octanol–water partition coefficient (Wildman–Crippen LogP) is 2.92. The summed E-state index contributed by atoms with van der Waals surface area (Å²) < 4.78 is 28.8. The second-order valence-electron chi connectivity index (χ2n) is 5.18. The van der Waals surface area contributed by atoms with Gasteiger partial charge in [-0.25, -0.2) is 23.5 Å². The molecule has 0 unspecified atom stereocenters. The lowest BCUT2D eigenvalue weighted by Gasteiger charge is -2.05. The first-order valence-electron chi connectivity index (χ1n) is 6.97. The van der Waals surface area contributed by atoms with Crippen LogP contribution in [-0.4, -0.2) is 30.8 Å². The van der Waals surface area contributed by atoms with Gasteiger partial charge in [0.15, 0.2) is 5.69 Å². The van der Waals surface area contributed by atoms with E-state index in [0.29, 0.717) is 11.4 Å². The Bertz CT molecular complexity index is 913. The van der Waals surface area contributed by atoms with Gasteiger partial charge in [-0.3, -0.25) is 0 Å². The van der Waals surface area contributed by atoms with Crippen LogP contribution < -0.4 is 0 Å². The molecule has 1 aromatic carbocycles. The van der Waals surface area contributed by atoms with Crippen molar-refractivity contribution in [2.75, 3.05) is 0 Å². The summed E-state index contributed by atoms with van der Waals surface area (Å²) in [7, 11) is 0. The van der Waals surface area contributed by atoms with Crippen molar-refractivity contribution in [1.29, 1.82) is 0 Å². The summed E-state index contributed by atoms with van der Waals surface area (Å²) in [5.74, 6) is -2.96. The van der Waals surface area contributed by atoms with Gasteiger partial charge in [0.2, 0.25) is 0 Å². The van der Waals surface area contributed by atoms with Crippen LogP contribution in [0, 0.1) is 25.5 Å². The Morgan fingerprint density at radius 3 is 2.21 bits per heavy atom. The van der Waals surface area contributed by atoms with E-state index in [-0.39, 0.29) is 17.3 Å². The number of nitrogens with zero attached hydrogens (tertiary/aromatic N) is 4. The third-order valence-electron chi connectivity index (χ3n) is 3.31. The summed E-state index contributed by atoms with van der Waals surface area (Å²) in [5.41, 5.74) is 0.387. The zero-order valence-corrected chi connectivity index (χ0v) is 12.8. The lowest BCUT2D eigenvalue weighted by molar-refractivity contribution is 0.0686. The highest BCUT2D eigenvalue weighted by Crippen LogP contribution is 2.26. The Kier molecular flexibility index (Phi) is 3.80. The predicted molar refractivity (Wildman–Crippen MR) is 80.9 cm³/mol. The Labute approximate surface area is 135 Å². The first-order chi connectivity index (χ1) is 11.4. The van der Waals surface area contributed by atoms with Crippen molar-refractivity contribution in [3.05, 3.63) is 59.0 Å². The molecule has 2 heterocycles. The van der Waals surface area contributed by atoms with Gasteiger partial charge in [-0.15, -0.1) is 0 Å². The molecule has 0 aliphatic rings. The quantitative estimate of drug-likeness (QED) is 0.798. The minimum atomic E-state index is -1.31. The molecular weight excluding hydrogens is 318 g/mol. The molecule has 0 saturated heterocycles. The van der Waals surface area contributed by atoms with Crippen molar-refractivity contribution in [1.82, 2.24) is 19.7 Å². The molecule has 0 atom stereocenters. The highest BCUT2D eigenvalue weighted by atomic mass is 19.1. The van der Waals surface area contributed by atoms with E-state index in [9.17, 15) is 18.7 Å². The van der Waals surface area contributed by atoms with E-state index in [1.807, 2.05) is 0 Å². The first-order valence-corrected chi connectivity index (χ1v) is 6.97. The fourth-order valence-electron chi connectivity index (χ4n) is 2.35. The van der Waals surface area contributed by atoms with Crippen LogP contribution in [0.4, 0.5) is 8.78 Å². The summed E-state index contributed by atoms with van der Waals surface area (Å²) in [6, 6.07) is 6.17. The summed E-state index contributed by atoms with van der Waals surface area (Å²) in [4.78, 5) is 19.8. The maximum Gasteiger partial charge on any atom is 0.354 e. The Morgan fingerprint density at radius 2 is 1.67 bits per heavy atom. The molecule has 1 N–H and O–H groups in total. The highest BCUT2D eigenvalue weighted by Gasteiger charge is 2.22. The maximum absolute atomic E-state index is 13.9. The number of aryl methyl sites for hydroxylation is 2. The first kappa shape index (κ1) is 15.7. The highest BCUT2D eigenvalue weighted by molar-refractivity contribution is 5.88. The second kappa shape index (κ2) is 5.80. The van der Waals surface area contributed by atoms with Crippen LogP contribution >= 0.6 is 0 Å². The summed E-state index contributed by atoms with van der Waals surface area (Å²) >= 11 is 0. The van der Waals surface area contributed by atoms with Gasteiger partial charge in [0.1, 0.15) is 11.6 Å². The van der Waals surface area contributed by atoms with E-state index in [0.717, 1.165) is 22.9 Å². The van der Waals surface area contributed by atoms with Crippen molar-refractivity contribution >= 4 is 5.97 Å². The fourth-order valence-corrected chi connectivity index (χ4v) is 2.35. The molecule has 24 heavy (non-hydrogen) atoms. The van der Waals surface area contributed by atoms with Crippen LogP contribution in [0.15, 0.2) is 30.3 Å². The lowest BCUT2D eigenvalue weighted by atomic mass is 10.1. The van der Waals surface area contributed by atoms with E-state index in [4.69, 9.17) is 0 Å². The number of halogens is 2. The fraction of sp³-hybridized carbons (Fsp3) is 0.125. The van der Waals surface area contributed by atoms with Gasteiger partial charge in [-0.2, -0.15) is 9.78 Å². The van der Waals surface area contributed by atoms with E-state index >= 15 is 0 Å². The molecule has 0 bridgehead atoms. The van der Waals surface area contributed by atoms with Gasteiger partial charge in [0.25, 0.3) is 5.95 Å². The van der Waals surface area contributed by atoms with Gasteiger partial charge in [0, 0.05) is 11.4 Å². The monoisotopic (exact) mass is 330 g/mol. The average Bonchev–Trinajstić information content (AvgIpc) is 2.91. The molecule has 2 aromatic heterocycles. The molecule has 0 spiro atoms. The van der Waals surface area contributed by atoms with Crippen molar-refractivity contribution in [2.45, 2.75) is 13.8 Å². The van der Waals surface area contributed by atoms with Gasteiger partial charge >= 0.3 is 5.97 Å². The smallest absolute Gasteiger partial charge is 0.354 e. The molecule has 8 heteroatoms. The molecule has 0 amide bonds. The standard InChI is InChI=1S/C16H12F2N4O2/c1-8-6-9(2)20-16(19-8)22-13(15(23)24)7-12(21-22)14-10(17)4-3-5-11(14)18/h3-7H,1-2H3,(H,23,24). The zero-order valence-electron chi connectivity index (χ0n) is 12.8. The normalized spacial score (nSPS) is 10.8. The molecule has 3 aromatic rings. The van der Waals surface area contributed by atoms with Crippen molar-refractivity contribution in [2.24, 2.45) is 0 Å². The molecular formula is C16H12F2N4O2. The van der Waals surface area contributed by atoms with Crippen molar-refractivity contribution in [3.63, 3.8) is 0 Å². The van der Waals surface area contributed by atoms with Crippen LogP contribution in [0.2, 0.25) is 0 Å². The average molecular weight is 330 g/mol. The van der Waals surface area contributed by atoms with Gasteiger partial charge in [0.05, 0.1) is 11.3 Å². The molecule has 6 nitrogen and oxygen atoms in total. The molecule has 0 aliphatic carbocycles. The number of carboxylic acid groups (broad SMARTS) is 1. The zero-order chi connectivity index (χ0) is 17.4. The number of hydrogen-bond acceptors (Lipinski definition) is 4. The topological polar surface area (TPSA) is 80.9 Å². The third-order valence-corrected chi connectivity index (χ3v) is 3.31. The number of carbonyl (C=O) groups is 1. The van der Waals surface area contributed by atoms with Crippen molar-refractivity contribution in [3.8, 4) is 17.2 Å². The Morgan fingerprint density at radius 1 is 1.08 bits per heavy atom.